The third-order valence-electron chi connectivity index (χ3n) is 2.17. The molecule has 1 aliphatic heterocycles. The van der Waals surface area contributed by atoms with Crippen molar-refractivity contribution in [3.63, 3.8) is 0 Å². The SMILES string of the molecule is [CH]CNCCCN1CCCC1. The summed E-state index contributed by atoms with van der Waals surface area (Å²) in [6, 6.07) is 0. The first-order valence-corrected chi connectivity index (χ1v) is 4.56. The standard InChI is InChI=1S/C9H18N2/c1-2-10-6-5-9-11-7-3-4-8-11/h1,10H,2-9H2. The molecule has 1 aliphatic rings. The van der Waals surface area contributed by atoms with Gasteiger partial charge in [0.25, 0.3) is 0 Å². The lowest BCUT2D eigenvalue weighted by molar-refractivity contribution is 0.332. The van der Waals surface area contributed by atoms with E-state index < -0.39 is 0 Å². The Bertz CT molecular complexity index is 87.6. The van der Waals surface area contributed by atoms with Gasteiger partial charge in [0.1, 0.15) is 0 Å². The Hall–Kier alpha value is -0.0800. The number of rotatable bonds is 5. The molecule has 0 aromatic heterocycles. The van der Waals surface area contributed by atoms with Gasteiger partial charge in [-0.05, 0) is 58.9 Å². The molecule has 1 N–H and O–H groups in total. The summed E-state index contributed by atoms with van der Waals surface area (Å²) >= 11 is 0. The Morgan fingerprint density at radius 1 is 1.27 bits per heavy atom. The summed E-state index contributed by atoms with van der Waals surface area (Å²) in [5.74, 6) is 0. The van der Waals surface area contributed by atoms with Gasteiger partial charge in [-0.1, -0.05) is 0 Å². The van der Waals surface area contributed by atoms with Gasteiger partial charge in [0, 0.05) is 0 Å². The molecule has 0 amide bonds. The van der Waals surface area contributed by atoms with Crippen molar-refractivity contribution in [1.82, 2.24) is 10.2 Å². The first-order chi connectivity index (χ1) is 5.43. The molecule has 11 heavy (non-hydrogen) atoms. The Labute approximate surface area is 70.0 Å². The van der Waals surface area contributed by atoms with Crippen LogP contribution in [0.2, 0.25) is 0 Å². The molecule has 0 aliphatic carbocycles. The van der Waals surface area contributed by atoms with Crippen LogP contribution in [0, 0.1) is 6.92 Å². The smallest absolute Gasteiger partial charge is 0.000664 e. The Morgan fingerprint density at radius 3 is 2.64 bits per heavy atom. The van der Waals surface area contributed by atoms with Crippen molar-refractivity contribution < 1.29 is 0 Å². The highest BCUT2D eigenvalue weighted by atomic mass is 15.1. The van der Waals surface area contributed by atoms with Crippen LogP contribution in [0.1, 0.15) is 19.3 Å². The molecular formula is C9H18N2. The van der Waals surface area contributed by atoms with Crippen LogP contribution in [-0.2, 0) is 0 Å². The van der Waals surface area contributed by atoms with Gasteiger partial charge >= 0.3 is 0 Å². The van der Waals surface area contributed by atoms with Gasteiger partial charge in [0.05, 0.1) is 0 Å². The quantitative estimate of drug-likeness (QED) is 0.588. The first-order valence-electron chi connectivity index (χ1n) is 4.56. The molecule has 0 saturated carbocycles. The minimum absolute atomic E-state index is 0.611. The Balaban J connectivity index is 1.86. The molecule has 2 heteroatoms. The molecule has 0 aromatic carbocycles. The van der Waals surface area contributed by atoms with E-state index >= 15 is 0 Å². The molecule has 0 spiro atoms. The summed E-state index contributed by atoms with van der Waals surface area (Å²) in [6.07, 6.45) is 4.02. The van der Waals surface area contributed by atoms with E-state index in [4.69, 9.17) is 6.92 Å². The molecule has 2 radical (unpaired) electrons. The average molecular weight is 154 g/mol. The highest BCUT2D eigenvalue weighted by molar-refractivity contribution is 4.66. The van der Waals surface area contributed by atoms with E-state index in [1.807, 2.05) is 0 Å². The summed E-state index contributed by atoms with van der Waals surface area (Å²) in [5, 5.41) is 3.12. The van der Waals surface area contributed by atoms with Crippen LogP contribution in [0.4, 0.5) is 0 Å². The lowest BCUT2D eigenvalue weighted by Gasteiger charge is -2.13. The monoisotopic (exact) mass is 154 g/mol. The van der Waals surface area contributed by atoms with E-state index in [-0.39, 0.29) is 0 Å². The molecule has 1 fully saturated rings. The van der Waals surface area contributed by atoms with Crippen molar-refractivity contribution in [1.29, 1.82) is 0 Å². The van der Waals surface area contributed by atoms with Crippen LogP contribution >= 0.6 is 0 Å². The molecule has 64 valence electrons. The molecule has 0 bridgehead atoms. The molecule has 0 aromatic rings. The van der Waals surface area contributed by atoms with E-state index in [1.165, 1.54) is 38.9 Å². The van der Waals surface area contributed by atoms with Crippen molar-refractivity contribution in [3.05, 3.63) is 6.92 Å². The van der Waals surface area contributed by atoms with Gasteiger partial charge in [-0.3, -0.25) is 0 Å². The molecular weight excluding hydrogens is 136 g/mol. The van der Waals surface area contributed by atoms with Crippen LogP contribution in [0.15, 0.2) is 0 Å². The number of likely N-dealkylation sites (tertiary alicyclic amines) is 1. The summed E-state index contributed by atoms with van der Waals surface area (Å²) in [5.41, 5.74) is 0. The van der Waals surface area contributed by atoms with Crippen LogP contribution in [0.25, 0.3) is 0 Å². The fourth-order valence-electron chi connectivity index (χ4n) is 1.54. The summed E-state index contributed by atoms with van der Waals surface area (Å²) < 4.78 is 0. The highest BCUT2D eigenvalue weighted by Crippen LogP contribution is 2.06. The lowest BCUT2D eigenvalue weighted by Crippen LogP contribution is -2.24. The van der Waals surface area contributed by atoms with E-state index in [2.05, 4.69) is 10.2 Å². The minimum Gasteiger partial charge on any atom is -0.316 e. The number of nitrogens with one attached hydrogen (secondary N) is 1. The van der Waals surface area contributed by atoms with Crippen molar-refractivity contribution in [3.8, 4) is 0 Å². The maximum Gasteiger partial charge on any atom is -0.000664 e. The second-order valence-corrected chi connectivity index (χ2v) is 3.11. The van der Waals surface area contributed by atoms with Gasteiger partial charge in [0.2, 0.25) is 0 Å². The van der Waals surface area contributed by atoms with Crippen molar-refractivity contribution in [2.24, 2.45) is 0 Å². The molecule has 2 nitrogen and oxygen atoms in total. The van der Waals surface area contributed by atoms with Crippen LogP contribution in [-0.4, -0.2) is 37.6 Å². The van der Waals surface area contributed by atoms with Crippen LogP contribution in [0.3, 0.4) is 0 Å². The van der Waals surface area contributed by atoms with E-state index in [1.54, 1.807) is 0 Å². The van der Waals surface area contributed by atoms with Crippen molar-refractivity contribution in [2.45, 2.75) is 19.3 Å². The molecule has 0 atom stereocenters. The zero-order valence-electron chi connectivity index (χ0n) is 7.18. The summed E-state index contributed by atoms with van der Waals surface area (Å²) in [4.78, 5) is 2.53. The van der Waals surface area contributed by atoms with Crippen LogP contribution < -0.4 is 5.32 Å². The fraction of sp³-hybridized carbons (Fsp3) is 0.889. The zero-order valence-corrected chi connectivity index (χ0v) is 7.18. The van der Waals surface area contributed by atoms with Gasteiger partial charge in [-0.25, -0.2) is 0 Å². The highest BCUT2D eigenvalue weighted by Gasteiger charge is 2.09. The zero-order chi connectivity index (χ0) is 7.94. The predicted molar refractivity (Wildman–Crippen MR) is 47.5 cm³/mol. The van der Waals surface area contributed by atoms with Crippen LogP contribution in [0.5, 0.6) is 0 Å². The lowest BCUT2D eigenvalue weighted by atomic mass is 10.4. The van der Waals surface area contributed by atoms with Gasteiger partial charge in [0.15, 0.2) is 0 Å². The third kappa shape index (κ3) is 3.73. The van der Waals surface area contributed by atoms with E-state index in [0.717, 1.165) is 6.54 Å². The number of hydrogen-bond donors (Lipinski definition) is 1. The van der Waals surface area contributed by atoms with E-state index in [9.17, 15) is 0 Å². The predicted octanol–water partition coefficient (Wildman–Crippen LogP) is 0.773. The maximum absolute atomic E-state index is 5.30. The molecule has 1 saturated heterocycles. The minimum atomic E-state index is 0.611. The number of hydrogen-bond acceptors (Lipinski definition) is 2. The van der Waals surface area contributed by atoms with Crippen molar-refractivity contribution in [2.75, 3.05) is 32.7 Å². The van der Waals surface area contributed by atoms with Gasteiger partial charge in [-0.2, -0.15) is 0 Å². The molecule has 1 rings (SSSR count). The number of nitrogens with zero attached hydrogens (tertiary/aromatic N) is 1. The Kier molecular flexibility index (Phi) is 4.55. The molecule has 0 unspecified atom stereocenters. The second kappa shape index (κ2) is 5.56. The largest absolute Gasteiger partial charge is 0.316 e. The molecule has 1 heterocycles. The second-order valence-electron chi connectivity index (χ2n) is 3.11. The van der Waals surface area contributed by atoms with Gasteiger partial charge in [-0.15, -0.1) is 0 Å². The first kappa shape index (κ1) is 9.01. The summed E-state index contributed by atoms with van der Waals surface area (Å²) in [7, 11) is 0. The normalized spacial score (nSPS) is 19.4. The topological polar surface area (TPSA) is 15.3 Å². The Morgan fingerprint density at radius 2 is 2.00 bits per heavy atom. The maximum atomic E-state index is 5.30. The van der Waals surface area contributed by atoms with E-state index in [0.29, 0.717) is 6.54 Å². The fourth-order valence-corrected chi connectivity index (χ4v) is 1.54. The van der Waals surface area contributed by atoms with Crippen molar-refractivity contribution >= 4 is 0 Å². The average Bonchev–Trinajstić information content (AvgIpc) is 2.50. The van der Waals surface area contributed by atoms with Gasteiger partial charge < -0.3 is 10.2 Å². The third-order valence-corrected chi connectivity index (χ3v) is 2.17. The summed E-state index contributed by atoms with van der Waals surface area (Å²) in [6.45, 7) is 10.8.